The number of carboxylic acid groups (broad SMARTS) is 1. The summed E-state index contributed by atoms with van der Waals surface area (Å²) >= 11 is 5.25. The lowest BCUT2D eigenvalue weighted by atomic mass is 9.99. The largest absolute Gasteiger partial charge is 0.481 e. The lowest BCUT2D eigenvalue weighted by Gasteiger charge is -2.35. The predicted molar refractivity (Wildman–Crippen MR) is 144 cm³/mol. The number of carbonyl (C=O) groups excluding carboxylic acids is 5. The van der Waals surface area contributed by atoms with Crippen LogP contribution in [-0.4, -0.2) is 90.1 Å². The Morgan fingerprint density at radius 2 is 1.17 bits per heavy atom. The zero-order valence-electron chi connectivity index (χ0n) is 23.2. The molecule has 3 N–H and O–H groups in total. The quantitative estimate of drug-likeness (QED) is 0.144. The van der Waals surface area contributed by atoms with Crippen molar-refractivity contribution >= 4 is 53.1 Å². The summed E-state index contributed by atoms with van der Waals surface area (Å²) in [5.41, 5.74) is 0.538. The maximum absolute atomic E-state index is 12.0. The number of carboxylic acids is 1. The number of carbonyl (C=O) groups is 6. The molecule has 0 aliphatic carbocycles. The lowest BCUT2D eigenvalue weighted by Crippen LogP contribution is -2.56. The van der Waals surface area contributed by atoms with E-state index in [2.05, 4.69) is 10.6 Å². The van der Waals surface area contributed by atoms with E-state index in [0.717, 1.165) is 34.6 Å². The van der Waals surface area contributed by atoms with E-state index < -0.39 is 72.8 Å². The van der Waals surface area contributed by atoms with E-state index in [1.807, 2.05) is 0 Å². The number of hydrogen-bond donors (Lipinski definition) is 3. The van der Waals surface area contributed by atoms with E-state index in [-0.39, 0.29) is 18.2 Å². The maximum atomic E-state index is 12.0. The first-order valence-electron chi connectivity index (χ1n) is 12.3. The van der Waals surface area contributed by atoms with Gasteiger partial charge in [0.25, 0.3) is 0 Å². The molecule has 5 atom stereocenters. The molecule has 0 aliphatic heterocycles. The van der Waals surface area contributed by atoms with Gasteiger partial charge in [0.1, 0.15) is 6.61 Å². The van der Waals surface area contributed by atoms with Crippen LogP contribution in [0.15, 0.2) is 30.3 Å². The summed E-state index contributed by atoms with van der Waals surface area (Å²) in [5.74, 6) is -6.16. The number of ether oxygens (including phenoxy) is 5. The first-order valence-corrected chi connectivity index (χ1v) is 12.7. The smallest absolute Gasteiger partial charge is 0.312 e. The molecule has 41 heavy (non-hydrogen) atoms. The number of hydrogen-bond acceptors (Lipinski definition) is 12. The zero-order chi connectivity index (χ0) is 31.1. The molecule has 1 aromatic carbocycles. The standard InChI is InChI=1S/C26H34N2O12S/c1-14(29)36-13-22(38-16(3)31)24(40-18(5)33)23(39-17(4)32)21(37-15(2)30)12-28-26(41)27-11-20(25(34)35)19-9-7-6-8-10-19/h6-10,20-24H,11-13H2,1-5H3,(H,34,35)(H2,27,28,41)/t20?,21-,22+,23+,24+/m0/s1. The number of thiocarbonyl (C=S) groups is 1. The van der Waals surface area contributed by atoms with Gasteiger partial charge in [-0.15, -0.1) is 0 Å². The summed E-state index contributed by atoms with van der Waals surface area (Å²) in [5, 5.41) is 15.1. The minimum Gasteiger partial charge on any atom is -0.481 e. The Morgan fingerprint density at radius 1 is 0.707 bits per heavy atom. The Morgan fingerprint density at radius 3 is 1.63 bits per heavy atom. The van der Waals surface area contributed by atoms with Crippen LogP contribution in [0.3, 0.4) is 0 Å². The molecule has 1 aromatic rings. The van der Waals surface area contributed by atoms with Gasteiger partial charge < -0.3 is 39.4 Å². The molecule has 0 heterocycles. The molecular formula is C26H34N2O12S. The van der Waals surface area contributed by atoms with Gasteiger partial charge in [-0.3, -0.25) is 28.8 Å². The molecule has 0 saturated heterocycles. The van der Waals surface area contributed by atoms with Gasteiger partial charge in [0.05, 0.1) is 12.5 Å². The van der Waals surface area contributed by atoms with Crippen LogP contribution < -0.4 is 10.6 Å². The molecule has 0 aromatic heterocycles. The van der Waals surface area contributed by atoms with Gasteiger partial charge in [-0.2, -0.15) is 0 Å². The van der Waals surface area contributed by atoms with Crippen molar-refractivity contribution in [3.63, 3.8) is 0 Å². The van der Waals surface area contributed by atoms with Crippen molar-refractivity contribution in [3.8, 4) is 0 Å². The summed E-state index contributed by atoms with van der Waals surface area (Å²) in [4.78, 5) is 71.0. The summed E-state index contributed by atoms with van der Waals surface area (Å²) in [6.45, 7) is 4.32. The molecule has 226 valence electrons. The van der Waals surface area contributed by atoms with Gasteiger partial charge in [-0.25, -0.2) is 0 Å². The molecule has 0 saturated carbocycles. The average Bonchev–Trinajstić information content (AvgIpc) is 2.86. The van der Waals surface area contributed by atoms with Crippen molar-refractivity contribution < 1.29 is 57.6 Å². The van der Waals surface area contributed by atoms with E-state index in [9.17, 15) is 33.9 Å². The van der Waals surface area contributed by atoms with Crippen molar-refractivity contribution in [2.45, 2.75) is 65.0 Å². The van der Waals surface area contributed by atoms with Crippen LogP contribution in [0.25, 0.3) is 0 Å². The van der Waals surface area contributed by atoms with Crippen LogP contribution in [0.4, 0.5) is 0 Å². The molecular weight excluding hydrogens is 564 g/mol. The van der Waals surface area contributed by atoms with Crippen molar-refractivity contribution in [3.05, 3.63) is 35.9 Å². The van der Waals surface area contributed by atoms with Crippen molar-refractivity contribution in [2.24, 2.45) is 0 Å². The van der Waals surface area contributed by atoms with Gasteiger partial charge in [0.15, 0.2) is 29.5 Å². The highest BCUT2D eigenvalue weighted by atomic mass is 32.1. The fraction of sp³-hybridized carbons (Fsp3) is 0.500. The first kappa shape index (κ1) is 34.8. The lowest BCUT2D eigenvalue weighted by molar-refractivity contribution is -0.202. The fourth-order valence-electron chi connectivity index (χ4n) is 3.62. The number of esters is 5. The number of rotatable bonds is 15. The molecule has 0 bridgehead atoms. The molecule has 0 radical (unpaired) electrons. The van der Waals surface area contributed by atoms with E-state index in [4.69, 9.17) is 35.9 Å². The summed E-state index contributed by atoms with van der Waals surface area (Å²) in [7, 11) is 0. The molecule has 0 amide bonds. The Bertz CT molecular complexity index is 1100. The zero-order valence-corrected chi connectivity index (χ0v) is 24.1. The van der Waals surface area contributed by atoms with Crippen LogP contribution in [0, 0.1) is 0 Å². The highest BCUT2D eigenvalue weighted by Crippen LogP contribution is 2.20. The minimum absolute atomic E-state index is 0.0357. The van der Waals surface area contributed by atoms with Gasteiger partial charge in [-0.1, -0.05) is 30.3 Å². The van der Waals surface area contributed by atoms with E-state index in [1.54, 1.807) is 30.3 Å². The monoisotopic (exact) mass is 598 g/mol. The molecule has 0 fully saturated rings. The van der Waals surface area contributed by atoms with E-state index in [1.165, 1.54) is 0 Å². The van der Waals surface area contributed by atoms with Gasteiger partial charge in [0.2, 0.25) is 0 Å². The Kier molecular flexibility index (Phi) is 14.8. The summed E-state index contributed by atoms with van der Waals surface area (Å²) in [6, 6.07) is 8.46. The first-order chi connectivity index (χ1) is 19.2. The van der Waals surface area contributed by atoms with Crippen molar-refractivity contribution in [2.75, 3.05) is 19.7 Å². The molecule has 0 aliphatic rings. The Labute approximate surface area is 242 Å². The second-order valence-electron chi connectivity index (χ2n) is 8.64. The fourth-order valence-corrected chi connectivity index (χ4v) is 3.79. The number of aliphatic carboxylic acids is 1. The Balaban J connectivity index is 3.23. The van der Waals surface area contributed by atoms with Crippen LogP contribution in [0.1, 0.15) is 46.1 Å². The van der Waals surface area contributed by atoms with Crippen LogP contribution in [0.5, 0.6) is 0 Å². The molecule has 15 heteroatoms. The third-order valence-electron chi connectivity index (χ3n) is 5.18. The third-order valence-corrected chi connectivity index (χ3v) is 5.47. The number of benzene rings is 1. The highest BCUT2D eigenvalue weighted by Gasteiger charge is 2.44. The second kappa shape index (κ2) is 17.4. The molecule has 1 rings (SSSR count). The summed E-state index contributed by atoms with van der Waals surface area (Å²) in [6.07, 6.45) is -6.02. The van der Waals surface area contributed by atoms with Crippen LogP contribution in [0.2, 0.25) is 0 Å². The van der Waals surface area contributed by atoms with Crippen LogP contribution >= 0.6 is 12.2 Å². The van der Waals surface area contributed by atoms with Gasteiger partial charge >= 0.3 is 35.8 Å². The van der Waals surface area contributed by atoms with Crippen molar-refractivity contribution in [1.82, 2.24) is 10.6 Å². The Hall–Kier alpha value is -4.27. The SMILES string of the molecule is CC(=O)OC[C@@H](OC(C)=O)[C@@H](OC(C)=O)[C@H](OC(C)=O)[C@H](CNC(=S)NCC(C(=O)O)c1ccccc1)OC(C)=O. The normalized spacial score (nSPS) is 14.1. The average molecular weight is 599 g/mol. The van der Waals surface area contributed by atoms with Gasteiger partial charge in [-0.05, 0) is 17.8 Å². The number of nitrogens with one attached hydrogen (secondary N) is 2. The van der Waals surface area contributed by atoms with E-state index >= 15 is 0 Å². The molecule has 14 nitrogen and oxygen atoms in total. The van der Waals surface area contributed by atoms with E-state index in [0.29, 0.717) is 5.56 Å². The van der Waals surface area contributed by atoms with Crippen molar-refractivity contribution in [1.29, 1.82) is 0 Å². The minimum atomic E-state index is -1.60. The predicted octanol–water partition coefficient (Wildman–Crippen LogP) is 0.609. The van der Waals surface area contributed by atoms with Gasteiger partial charge in [0, 0.05) is 41.2 Å². The topological polar surface area (TPSA) is 193 Å². The third kappa shape index (κ3) is 13.6. The maximum Gasteiger partial charge on any atom is 0.312 e. The second-order valence-corrected chi connectivity index (χ2v) is 9.05. The van der Waals surface area contributed by atoms with Crippen LogP contribution in [-0.2, 0) is 52.5 Å². The summed E-state index contributed by atoms with van der Waals surface area (Å²) < 4.78 is 26.2. The highest BCUT2D eigenvalue weighted by molar-refractivity contribution is 7.80. The molecule has 1 unspecified atom stereocenters. The molecule has 0 spiro atoms.